The number of carbonyl (C=O) groups excluding carboxylic acids is 8. The number of fused-ring (bicyclic) bond motifs is 10. The highest BCUT2D eigenvalue weighted by Crippen LogP contribution is 2.55. The average molecular weight is 1570 g/mol. The molecule has 12 rings (SSSR count). The number of nitrogens with one attached hydrogen (secondary N) is 2. The summed E-state index contributed by atoms with van der Waals surface area (Å²) in [5.41, 5.74) is -2.41. The number of amides is 4. The summed E-state index contributed by atoms with van der Waals surface area (Å²) in [5, 5.41) is 19.7. The van der Waals surface area contributed by atoms with Gasteiger partial charge in [-0.1, -0.05) is 105 Å². The number of rotatable bonds is 8. The third-order valence-corrected chi connectivity index (χ3v) is 21.6. The van der Waals surface area contributed by atoms with Gasteiger partial charge < -0.3 is 54.0 Å². The van der Waals surface area contributed by atoms with Crippen molar-refractivity contribution in [3.8, 4) is 11.5 Å². The van der Waals surface area contributed by atoms with Crippen molar-refractivity contribution in [1.29, 1.82) is 0 Å². The zero-order valence-electron chi connectivity index (χ0n) is 61.6. The van der Waals surface area contributed by atoms with Crippen LogP contribution in [0.1, 0.15) is 212 Å². The Labute approximate surface area is 641 Å². The fourth-order valence-corrected chi connectivity index (χ4v) is 16.7. The van der Waals surface area contributed by atoms with Gasteiger partial charge in [0.1, 0.15) is 57.1 Å². The summed E-state index contributed by atoms with van der Waals surface area (Å²) in [6.45, 7) is 18.2. The molecule has 2 aromatic carbocycles. The molecule has 2 saturated heterocycles. The van der Waals surface area contributed by atoms with Gasteiger partial charge in [0.25, 0.3) is 0 Å². The minimum Gasteiger partial charge on any atom is -0.483 e. The van der Waals surface area contributed by atoms with Crippen molar-refractivity contribution >= 4 is 124 Å². The molecule has 0 bridgehead atoms. The Hall–Kier alpha value is -6.83. The van der Waals surface area contributed by atoms with Crippen LogP contribution in [0.25, 0.3) is 21.8 Å². The Balaban J connectivity index is 0.000000228. The molecular formula is C78H102Cl4N6O17S. The molecule has 3 N–H and O–H groups in total. The first-order valence-corrected chi connectivity index (χ1v) is 40.4. The van der Waals surface area contributed by atoms with Crippen LogP contribution in [0, 0.1) is 37.5 Å². The van der Waals surface area contributed by atoms with Crippen LogP contribution in [0.5, 0.6) is 11.5 Å². The zero-order valence-corrected chi connectivity index (χ0v) is 65.5. The van der Waals surface area contributed by atoms with Crippen LogP contribution in [-0.4, -0.2) is 159 Å². The smallest absolute Gasteiger partial charge is 0.332 e. The summed E-state index contributed by atoms with van der Waals surface area (Å²) in [5.74, 6) is -4.58. The zero-order chi connectivity index (χ0) is 76.5. The van der Waals surface area contributed by atoms with E-state index in [2.05, 4.69) is 27.4 Å². The molecule has 2 aliphatic carbocycles. The molecule has 28 heteroatoms. The number of aryl methyl sites for hydroxylation is 2. The number of hydrogen-bond donors (Lipinski definition) is 3. The number of esters is 4. The molecule has 106 heavy (non-hydrogen) atoms. The van der Waals surface area contributed by atoms with E-state index < -0.39 is 114 Å². The van der Waals surface area contributed by atoms with Crippen molar-refractivity contribution in [3.63, 3.8) is 0 Å². The van der Waals surface area contributed by atoms with E-state index in [4.69, 9.17) is 73.2 Å². The summed E-state index contributed by atoms with van der Waals surface area (Å²) in [6, 6.07) is 8.87. The van der Waals surface area contributed by atoms with E-state index in [0.717, 1.165) is 62.2 Å². The number of alkyl halides is 1. The SMILES string of the molecule is C.CCOC(=O)[C@@]12C[C@H]1/C=C\CCCCC[C@H](CC(=O)OC(C)(C)C)C(=O)N1C[C@@]3(CC(Cl)c4c(c(C)nc5c(Cl)cccc45)O3)C[C@H]1C(=O)N2.CCOC(=O)[C@@]12C[C@H]1/C=C\CCCCC[C@H](CC(=O)OC(C)(C)C)C(=O)N1C[C@@]3(CC(O)c4c(c(C)nc5c(Cl)cccc45)O3)C[C@H]1C(=O)N2.CS(=O)(=O)Cl. The minimum absolute atomic E-state index is 0. The topological polar surface area (TPSA) is 303 Å². The second-order valence-electron chi connectivity index (χ2n) is 31.3. The summed E-state index contributed by atoms with van der Waals surface area (Å²) in [7, 11) is 1.31. The summed E-state index contributed by atoms with van der Waals surface area (Å²) >= 11 is 20.2. The van der Waals surface area contributed by atoms with Crippen LogP contribution in [0.15, 0.2) is 60.7 Å². The first-order chi connectivity index (χ1) is 49.3. The van der Waals surface area contributed by atoms with E-state index in [9.17, 15) is 51.9 Å². The lowest BCUT2D eigenvalue weighted by Crippen LogP contribution is -2.54. The van der Waals surface area contributed by atoms with Crippen molar-refractivity contribution in [1.82, 2.24) is 30.4 Å². The molecule has 12 atom stereocenters. The van der Waals surface area contributed by atoms with E-state index in [1.165, 1.54) is 4.90 Å². The number of carbonyl (C=O) groups is 8. The quantitative estimate of drug-likeness (QED) is 0.0485. The predicted octanol–water partition coefficient (Wildman–Crippen LogP) is 13.4. The number of benzene rings is 2. The molecule has 4 fully saturated rings. The van der Waals surface area contributed by atoms with Crippen molar-refractivity contribution in [3.05, 3.63) is 93.3 Å². The highest BCUT2D eigenvalue weighted by atomic mass is 35.7. The third-order valence-electron chi connectivity index (χ3n) is 20.6. The molecular weight excluding hydrogens is 1470 g/mol. The van der Waals surface area contributed by atoms with E-state index >= 15 is 0 Å². The number of halogens is 4. The summed E-state index contributed by atoms with van der Waals surface area (Å²) in [6.07, 6.45) is 16.6. The molecule has 23 nitrogen and oxygen atoms in total. The van der Waals surface area contributed by atoms with Gasteiger partial charge in [-0.25, -0.2) is 28.0 Å². The normalized spacial score (nSPS) is 29.4. The first-order valence-electron chi connectivity index (χ1n) is 36.5. The maximum atomic E-state index is 14.7. The summed E-state index contributed by atoms with van der Waals surface area (Å²) in [4.78, 5) is 124. The minimum atomic E-state index is -3.19. The second-order valence-corrected chi connectivity index (χ2v) is 35.6. The monoisotopic (exact) mass is 1570 g/mol. The van der Waals surface area contributed by atoms with Gasteiger partial charge in [-0.05, 0) is 133 Å². The van der Waals surface area contributed by atoms with Gasteiger partial charge in [-0.15, -0.1) is 11.6 Å². The van der Waals surface area contributed by atoms with Crippen molar-refractivity contribution in [2.75, 3.05) is 32.6 Å². The van der Waals surface area contributed by atoms with Crippen molar-refractivity contribution in [2.45, 2.75) is 249 Å². The number of allylic oxidation sites excluding steroid dienone is 2. The molecule has 0 radical (unpaired) electrons. The first kappa shape index (κ1) is 83.2. The molecule has 2 saturated carbocycles. The Morgan fingerprint density at radius 3 is 1.42 bits per heavy atom. The van der Waals surface area contributed by atoms with E-state index in [0.29, 0.717) is 93.4 Å². The van der Waals surface area contributed by atoms with Crippen LogP contribution in [0.3, 0.4) is 0 Å². The number of para-hydroxylation sites is 2. The van der Waals surface area contributed by atoms with Crippen molar-refractivity contribution < 1.29 is 80.3 Å². The largest absolute Gasteiger partial charge is 0.483 e. The number of ether oxygens (including phenoxy) is 6. The highest BCUT2D eigenvalue weighted by Gasteiger charge is 2.65. The van der Waals surface area contributed by atoms with Crippen LogP contribution in [0.4, 0.5) is 0 Å². The van der Waals surface area contributed by atoms with E-state index in [-0.39, 0.29) is 89.5 Å². The number of aliphatic hydroxyl groups excluding tert-OH is 1. The van der Waals surface area contributed by atoms with Gasteiger partial charge in [0.05, 0.1) is 89.3 Å². The van der Waals surface area contributed by atoms with E-state index in [1.54, 1.807) is 85.4 Å². The van der Waals surface area contributed by atoms with Crippen LogP contribution < -0.4 is 20.1 Å². The second kappa shape index (κ2) is 33.2. The lowest BCUT2D eigenvalue weighted by atomic mass is 9.85. The number of hydrogen-bond acceptors (Lipinski definition) is 19. The standard InChI is InChI=1S/C38H47Cl2N3O7.C38H48ClN3O8.CH3ClO2S.CH4/c1-6-48-35(47)38-18-24(38)14-11-9-7-8-10-13-23(17-29(44)49-36(3,4)5)34(46)43-21-37(20-28(43)33(45)42-38)19-27(40)30-25-15-12-16-26(39)31(25)41-22(2)32(30)50-37;1-6-48-35(47)38-18-24(38)14-11-9-7-8-10-13-23(17-29(44)49-36(3,4)5)34(46)42-21-37(19-27(42)33(45)41-38)20-28(43)30-25-15-12-16-26(39)31(25)40-22(2)32(30)50-37;1-5(2,3)4;/h11-12,14-16,23-24,27-28H,6-10,13,17-21H2,1-5H3,(H,42,45);11-12,14-16,23-24,27-28,43H,6-10,13,17-21H2,1-5H3,(H,41,45);1H3;1H4/b2*14-11-;;/t23-,24-,27?,28+,37-,38-;23-,24-,27+,28?,37+,38-;;/m11../s1. The molecule has 2 spiro atoms. The highest BCUT2D eigenvalue weighted by molar-refractivity contribution is 8.13. The molecule has 4 aromatic rings. The lowest BCUT2D eigenvalue weighted by Gasteiger charge is -2.39. The molecule has 580 valence electrons. The van der Waals surface area contributed by atoms with Gasteiger partial charge in [0.2, 0.25) is 32.7 Å². The maximum absolute atomic E-state index is 14.7. The Kier molecular flexibility index (Phi) is 26.0. The number of aromatic nitrogens is 2. The van der Waals surface area contributed by atoms with Crippen LogP contribution >= 0.6 is 45.5 Å². The molecule has 8 aliphatic rings. The van der Waals surface area contributed by atoms with Crippen molar-refractivity contribution in [2.24, 2.45) is 23.7 Å². The van der Waals surface area contributed by atoms with Crippen LogP contribution in [0.2, 0.25) is 10.0 Å². The number of aliphatic hydroxyl groups is 1. The van der Waals surface area contributed by atoms with Gasteiger partial charge in [0.15, 0.2) is 0 Å². The Morgan fingerprint density at radius 1 is 0.623 bits per heavy atom. The molecule has 2 aromatic heterocycles. The van der Waals surface area contributed by atoms with Gasteiger partial charge in [-0.2, -0.15) is 0 Å². The maximum Gasteiger partial charge on any atom is 0.332 e. The van der Waals surface area contributed by atoms with E-state index in [1.807, 2.05) is 43.4 Å². The van der Waals surface area contributed by atoms with Gasteiger partial charge in [0, 0.05) is 81.9 Å². The van der Waals surface area contributed by atoms with Crippen LogP contribution in [-0.2, 0) is 66.4 Å². The predicted molar refractivity (Wildman–Crippen MR) is 404 cm³/mol. The average Bonchev–Trinajstić information content (AvgIpc) is 1.68. The number of pyridine rings is 2. The molecule has 6 aliphatic heterocycles. The number of nitrogens with zero attached hydrogens (tertiary/aromatic N) is 4. The summed E-state index contributed by atoms with van der Waals surface area (Å²) < 4.78 is 54.5. The molecule has 2 unspecified atom stereocenters. The fourth-order valence-electron chi connectivity index (χ4n) is 15.8. The van der Waals surface area contributed by atoms with Gasteiger partial charge >= 0.3 is 23.9 Å². The third kappa shape index (κ3) is 19.1. The molecule has 8 heterocycles. The molecule has 4 amide bonds. The fraction of sp³-hybridized carbons (Fsp3) is 0.615. The Bertz CT molecular complexity index is 3960. The lowest BCUT2D eigenvalue weighted by molar-refractivity contribution is -0.159. The Morgan fingerprint density at radius 2 is 1.02 bits per heavy atom. The van der Waals surface area contributed by atoms with Gasteiger partial charge in [-0.3, -0.25) is 28.8 Å².